The Bertz CT molecular complexity index is 1750. The number of nitrogens with zero attached hydrogens (tertiary/aromatic N) is 3. The Morgan fingerprint density at radius 3 is 2.46 bits per heavy atom. The average molecular weight is 673 g/mol. The van der Waals surface area contributed by atoms with Crippen LogP contribution in [0.4, 0.5) is 18.9 Å². The van der Waals surface area contributed by atoms with Gasteiger partial charge in [0.25, 0.3) is 0 Å². The summed E-state index contributed by atoms with van der Waals surface area (Å²) >= 11 is 6.33. The molecular formula is C34H36ClF3N4O3S. The number of hydrogen-bond donors (Lipinski definition) is 1. The predicted molar refractivity (Wildman–Crippen MR) is 170 cm³/mol. The molecule has 3 aromatic carbocycles. The molecule has 2 spiro atoms. The summed E-state index contributed by atoms with van der Waals surface area (Å²) in [4.78, 5) is 17.6. The zero-order chi connectivity index (χ0) is 32.3. The Morgan fingerprint density at radius 1 is 0.957 bits per heavy atom. The molecule has 3 heterocycles. The SMILES string of the molecule is O=C1NCN(c2cccc(C(F)(F)F)c2)C12CCN(CC1CN(S(=O)(=O)c3ccccc3)CC3(CCc4cc(Cl)ccc43)C1)CC2. The lowest BCUT2D eigenvalue weighted by Gasteiger charge is -2.47. The molecule has 0 saturated carbocycles. The first kappa shape index (κ1) is 31.5. The molecule has 2 unspecified atom stereocenters. The fourth-order valence-electron chi connectivity index (χ4n) is 8.34. The molecule has 1 amide bonds. The fourth-order valence-corrected chi connectivity index (χ4v) is 10.2. The van der Waals surface area contributed by atoms with Crippen molar-refractivity contribution < 1.29 is 26.4 Å². The van der Waals surface area contributed by atoms with Crippen molar-refractivity contribution in [3.63, 3.8) is 0 Å². The number of benzene rings is 3. The minimum absolute atomic E-state index is 0.0416. The number of alkyl halides is 3. The van der Waals surface area contributed by atoms with Gasteiger partial charge in [0.1, 0.15) is 5.54 Å². The van der Waals surface area contributed by atoms with Crippen molar-refractivity contribution in [2.45, 2.75) is 54.1 Å². The van der Waals surface area contributed by atoms with Crippen LogP contribution in [0.2, 0.25) is 5.02 Å². The highest BCUT2D eigenvalue weighted by molar-refractivity contribution is 7.89. The van der Waals surface area contributed by atoms with Gasteiger partial charge in [-0.3, -0.25) is 4.79 Å². The van der Waals surface area contributed by atoms with Gasteiger partial charge < -0.3 is 15.1 Å². The Kier molecular flexibility index (Phi) is 7.90. The summed E-state index contributed by atoms with van der Waals surface area (Å²) in [5.74, 6) is -0.123. The van der Waals surface area contributed by atoms with Crippen molar-refractivity contribution >= 4 is 33.2 Å². The number of aryl methyl sites for hydroxylation is 1. The third kappa shape index (κ3) is 5.48. The number of carbonyl (C=O) groups is 1. The molecule has 0 bridgehead atoms. The Balaban J connectivity index is 1.12. The van der Waals surface area contributed by atoms with Crippen LogP contribution >= 0.6 is 11.6 Å². The summed E-state index contributed by atoms with van der Waals surface area (Å²) in [5, 5.41) is 3.55. The second-order valence-corrected chi connectivity index (χ2v) is 15.6. The zero-order valence-corrected chi connectivity index (χ0v) is 26.8. The van der Waals surface area contributed by atoms with Crippen molar-refractivity contribution in [3.8, 4) is 0 Å². The standard InChI is InChI=1S/C34H36ClF3N4O3S/c35-27-9-10-30-25(17-27)11-12-32(30)19-24(21-41(22-32)46(44,45)29-7-2-1-3-8-29)20-40-15-13-33(14-16-40)31(43)39-23-42(33)28-6-4-5-26(18-28)34(36,37)38/h1-10,17-18,24H,11-16,19-23H2,(H,39,43). The molecule has 3 aliphatic heterocycles. The summed E-state index contributed by atoms with van der Waals surface area (Å²) in [6, 6.07) is 19.7. The third-order valence-corrected chi connectivity index (χ3v) is 12.6. The quantitative estimate of drug-likeness (QED) is 0.378. The fraction of sp³-hybridized carbons (Fsp3) is 0.441. The molecule has 7 rings (SSSR count). The van der Waals surface area contributed by atoms with Gasteiger partial charge >= 0.3 is 6.18 Å². The lowest BCUT2D eigenvalue weighted by Crippen LogP contribution is -2.58. The highest BCUT2D eigenvalue weighted by Crippen LogP contribution is 2.48. The number of amides is 1. The number of fused-ring (bicyclic) bond motifs is 2. The molecule has 3 aromatic rings. The van der Waals surface area contributed by atoms with E-state index < -0.39 is 27.3 Å². The van der Waals surface area contributed by atoms with Crippen molar-refractivity contribution in [2.24, 2.45) is 5.92 Å². The molecule has 1 aliphatic carbocycles. The van der Waals surface area contributed by atoms with E-state index in [1.54, 1.807) is 45.6 Å². The van der Waals surface area contributed by atoms with E-state index in [-0.39, 0.29) is 28.8 Å². The van der Waals surface area contributed by atoms with Gasteiger partial charge in [0, 0.05) is 48.8 Å². The van der Waals surface area contributed by atoms with E-state index in [1.807, 2.05) is 12.1 Å². The van der Waals surface area contributed by atoms with Gasteiger partial charge in [0.2, 0.25) is 15.9 Å². The van der Waals surface area contributed by atoms with Crippen LogP contribution in [0.15, 0.2) is 77.7 Å². The van der Waals surface area contributed by atoms with Crippen molar-refractivity contribution in [2.75, 3.05) is 44.3 Å². The first-order chi connectivity index (χ1) is 21.9. The van der Waals surface area contributed by atoms with Gasteiger partial charge in [-0.1, -0.05) is 41.9 Å². The summed E-state index contributed by atoms with van der Waals surface area (Å²) in [5.41, 5.74) is 0.721. The van der Waals surface area contributed by atoms with E-state index in [0.29, 0.717) is 56.3 Å². The van der Waals surface area contributed by atoms with E-state index in [2.05, 4.69) is 16.3 Å². The van der Waals surface area contributed by atoms with Crippen LogP contribution in [0.1, 0.15) is 42.4 Å². The molecule has 244 valence electrons. The molecule has 2 atom stereocenters. The molecule has 7 nitrogen and oxygen atoms in total. The van der Waals surface area contributed by atoms with Gasteiger partial charge in [0.05, 0.1) is 17.1 Å². The van der Waals surface area contributed by atoms with Gasteiger partial charge in [-0.2, -0.15) is 17.5 Å². The third-order valence-electron chi connectivity index (χ3n) is 10.5. The summed E-state index contributed by atoms with van der Waals surface area (Å²) < 4.78 is 70.1. The molecule has 12 heteroatoms. The number of rotatable bonds is 5. The molecule has 1 N–H and O–H groups in total. The van der Waals surface area contributed by atoms with E-state index in [1.165, 1.54) is 17.2 Å². The smallest absolute Gasteiger partial charge is 0.339 e. The number of hydrogen-bond acceptors (Lipinski definition) is 5. The van der Waals surface area contributed by atoms with Crippen LogP contribution in [-0.4, -0.2) is 68.5 Å². The Morgan fingerprint density at radius 2 is 1.72 bits per heavy atom. The normalized spacial score (nSPS) is 25.3. The van der Waals surface area contributed by atoms with E-state index in [0.717, 1.165) is 31.4 Å². The highest BCUT2D eigenvalue weighted by Gasteiger charge is 2.52. The Labute approximate surface area is 272 Å². The van der Waals surface area contributed by atoms with Crippen LogP contribution in [0.3, 0.4) is 0 Å². The summed E-state index contributed by atoms with van der Waals surface area (Å²) in [6.45, 7) is 2.76. The highest BCUT2D eigenvalue weighted by atomic mass is 35.5. The number of sulfonamides is 1. The number of likely N-dealkylation sites (tertiary alicyclic amines) is 1. The zero-order valence-electron chi connectivity index (χ0n) is 25.3. The Hall–Kier alpha value is -3.12. The van der Waals surface area contributed by atoms with Crippen LogP contribution in [0, 0.1) is 5.92 Å². The molecule has 3 fully saturated rings. The van der Waals surface area contributed by atoms with Crippen LogP contribution in [0.5, 0.6) is 0 Å². The second-order valence-electron chi connectivity index (χ2n) is 13.2. The van der Waals surface area contributed by atoms with E-state index in [9.17, 15) is 26.4 Å². The summed E-state index contributed by atoms with van der Waals surface area (Å²) in [7, 11) is -3.74. The maximum atomic E-state index is 14.0. The van der Waals surface area contributed by atoms with Gasteiger partial charge in [-0.25, -0.2) is 8.42 Å². The van der Waals surface area contributed by atoms with Crippen LogP contribution in [-0.2, 0) is 32.8 Å². The van der Waals surface area contributed by atoms with E-state index in [4.69, 9.17) is 11.6 Å². The maximum absolute atomic E-state index is 14.0. The molecule has 3 saturated heterocycles. The average Bonchev–Trinajstić information content (AvgIpc) is 3.54. The van der Waals surface area contributed by atoms with Gasteiger partial charge in [-0.15, -0.1) is 0 Å². The minimum Gasteiger partial charge on any atom is -0.339 e. The molecular weight excluding hydrogens is 637 g/mol. The molecule has 0 aromatic heterocycles. The molecule has 46 heavy (non-hydrogen) atoms. The number of nitrogens with one attached hydrogen (secondary N) is 1. The number of anilines is 1. The van der Waals surface area contributed by atoms with Crippen LogP contribution in [0.25, 0.3) is 0 Å². The number of piperidine rings is 2. The minimum atomic E-state index is -4.48. The lowest BCUT2D eigenvalue weighted by molar-refractivity contribution is -0.137. The first-order valence-corrected chi connectivity index (χ1v) is 17.5. The van der Waals surface area contributed by atoms with Crippen molar-refractivity contribution in [1.82, 2.24) is 14.5 Å². The van der Waals surface area contributed by atoms with Crippen LogP contribution < -0.4 is 10.2 Å². The van der Waals surface area contributed by atoms with Gasteiger partial charge in [0.15, 0.2) is 0 Å². The number of halogens is 4. The lowest BCUT2D eigenvalue weighted by atomic mass is 9.72. The molecule has 0 radical (unpaired) electrons. The van der Waals surface area contributed by atoms with Gasteiger partial charge in [-0.05, 0) is 91.6 Å². The monoisotopic (exact) mass is 672 g/mol. The topological polar surface area (TPSA) is 73.0 Å². The number of carbonyl (C=O) groups excluding carboxylic acids is 1. The van der Waals surface area contributed by atoms with Crippen molar-refractivity contribution in [3.05, 3.63) is 94.5 Å². The maximum Gasteiger partial charge on any atom is 0.416 e. The summed E-state index contributed by atoms with van der Waals surface area (Å²) in [6.07, 6.45) is -1.04. The first-order valence-electron chi connectivity index (χ1n) is 15.7. The second kappa shape index (κ2) is 11.5. The predicted octanol–water partition coefficient (Wildman–Crippen LogP) is 5.68. The largest absolute Gasteiger partial charge is 0.416 e. The van der Waals surface area contributed by atoms with E-state index >= 15 is 0 Å². The van der Waals surface area contributed by atoms with Crippen molar-refractivity contribution in [1.29, 1.82) is 0 Å². The molecule has 4 aliphatic rings.